The smallest absolute Gasteiger partial charge is 0.255 e. The number of benzene rings is 2. The maximum absolute atomic E-state index is 12.9. The van der Waals surface area contributed by atoms with Crippen LogP contribution in [0.25, 0.3) is 11.1 Å². The van der Waals surface area contributed by atoms with Gasteiger partial charge in [-0.3, -0.25) is 14.2 Å². The Bertz CT molecular complexity index is 1480. The van der Waals surface area contributed by atoms with E-state index in [4.69, 9.17) is 4.74 Å². The third kappa shape index (κ3) is 7.69. The van der Waals surface area contributed by atoms with Gasteiger partial charge in [0.15, 0.2) is 9.84 Å². The van der Waals surface area contributed by atoms with E-state index in [0.29, 0.717) is 11.3 Å². The maximum Gasteiger partial charge on any atom is 0.255 e. The molecule has 0 fully saturated rings. The summed E-state index contributed by atoms with van der Waals surface area (Å²) in [5, 5.41) is 33.1. The van der Waals surface area contributed by atoms with E-state index >= 15 is 0 Å². The van der Waals surface area contributed by atoms with Crippen molar-refractivity contribution in [2.24, 2.45) is 0 Å². The molecule has 11 heteroatoms. The number of aromatic hydroxyl groups is 1. The fraction of sp³-hybridized carbons (Fsp3) is 0.357. The van der Waals surface area contributed by atoms with Crippen molar-refractivity contribution in [1.29, 1.82) is 0 Å². The summed E-state index contributed by atoms with van der Waals surface area (Å²) in [6.45, 7) is 4.40. The van der Waals surface area contributed by atoms with Crippen molar-refractivity contribution in [2.75, 3.05) is 19.4 Å². The van der Waals surface area contributed by atoms with E-state index < -0.39 is 37.9 Å². The summed E-state index contributed by atoms with van der Waals surface area (Å²) in [6, 6.07) is 15.7. The molecule has 1 aromatic heterocycles. The number of aromatic nitrogens is 1. The number of amides is 1. The number of ether oxygens (including phenoxy) is 1. The highest BCUT2D eigenvalue weighted by Gasteiger charge is 2.39. The molecule has 2 aromatic carbocycles. The van der Waals surface area contributed by atoms with Gasteiger partial charge in [0, 0.05) is 31.5 Å². The minimum atomic E-state index is -3.82. The Labute approximate surface area is 227 Å². The molecule has 3 rings (SSSR count). The number of pyridine rings is 1. The van der Waals surface area contributed by atoms with Gasteiger partial charge in [-0.15, -0.1) is 0 Å². The predicted molar refractivity (Wildman–Crippen MR) is 147 cm³/mol. The second-order valence-corrected chi connectivity index (χ2v) is 12.9. The van der Waals surface area contributed by atoms with Gasteiger partial charge in [-0.25, -0.2) is 8.42 Å². The number of phenols is 1. The maximum atomic E-state index is 12.9. The van der Waals surface area contributed by atoms with Gasteiger partial charge in [0.2, 0.25) is 0 Å². The number of aliphatic hydroxyl groups is 2. The van der Waals surface area contributed by atoms with Gasteiger partial charge in [-0.05, 0) is 62.2 Å². The van der Waals surface area contributed by atoms with Gasteiger partial charge in [-0.1, -0.05) is 24.3 Å². The average molecular weight is 559 g/mol. The van der Waals surface area contributed by atoms with Crippen LogP contribution in [0.15, 0.2) is 71.7 Å². The van der Waals surface area contributed by atoms with E-state index in [1.807, 2.05) is 0 Å². The van der Waals surface area contributed by atoms with E-state index in [-0.39, 0.29) is 30.9 Å². The molecule has 0 saturated heterocycles. The van der Waals surface area contributed by atoms with Crippen LogP contribution < -0.4 is 15.6 Å². The average Bonchev–Trinajstić information content (AvgIpc) is 2.85. The Hall–Kier alpha value is -3.67. The SMILES string of the molecule is CC(C)(O)COc1ccc(-c2ccn(C(O)CC(C)(CNC(=O)c3ccccc3O)S(C)(=O)=O)c(=O)c2)cc1. The first-order valence-corrected chi connectivity index (χ1v) is 14.1. The quantitative estimate of drug-likeness (QED) is 0.280. The highest BCUT2D eigenvalue weighted by atomic mass is 32.2. The van der Waals surface area contributed by atoms with Crippen LogP contribution >= 0.6 is 0 Å². The van der Waals surface area contributed by atoms with E-state index in [1.54, 1.807) is 56.3 Å². The summed E-state index contributed by atoms with van der Waals surface area (Å²) < 4.78 is 30.3. The summed E-state index contributed by atoms with van der Waals surface area (Å²) in [5.41, 5.74) is -0.238. The number of rotatable bonds is 11. The molecule has 0 bridgehead atoms. The standard InChI is InChI=1S/C28H34N2O8S/c1-27(2,35)18-38-21-11-9-19(10-12-21)20-13-14-30(24(32)15-20)25(33)16-28(3,39(4,36)37)17-29-26(34)22-7-5-6-8-23(22)31/h5-15,25,31,33,35H,16-18H2,1-4H3,(H,29,34). The van der Waals surface area contributed by atoms with Crippen LogP contribution in [0.4, 0.5) is 0 Å². The Morgan fingerprint density at radius 1 is 1.05 bits per heavy atom. The van der Waals surface area contributed by atoms with Crippen molar-refractivity contribution in [3.63, 3.8) is 0 Å². The molecular formula is C28H34N2O8S. The number of hydrogen-bond acceptors (Lipinski definition) is 8. The molecule has 0 aliphatic carbocycles. The van der Waals surface area contributed by atoms with Gasteiger partial charge in [0.25, 0.3) is 11.5 Å². The van der Waals surface area contributed by atoms with Crippen LogP contribution in [0.3, 0.4) is 0 Å². The number of para-hydroxylation sites is 1. The lowest BCUT2D eigenvalue weighted by atomic mass is 10.0. The number of sulfone groups is 1. The normalized spacial score (nSPS) is 14.3. The molecule has 0 aliphatic rings. The van der Waals surface area contributed by atoms with Crippen LogP contribution in [0.2, 0.25) is 0 Å². The van der Waals surface area contributed by atoms with Crippen molar-refractivity contribution in [2.45, 2.75) is 43.8 Å². The lowest BCUT2D eigenvalue weighted by Crippen LogP contribution is -2.48. The molecule has 2 atom stereocenters. The number of hydrogen-bond donors (Lipinski definition) is 4. The summed E-state index contributed by atoms with van der Waals surface area (Å²) in [7, 11) is -3.82. The molecule has 4 N–H and O–H groups in total. The highest BCUT2D eigenvalue weighted by molar-refractivity contribution is 7.92. The number of nitrogens with zero attached hydrogens (tertiary/aromatic N) is 1. The fourth-order valence-electron chi connectivity index (χ4n) is 3.79. The Morgan fingerprint density at radius 3 is 2.26 bits per heavy atom. The van der Waals surface area contributed by atoms with Crippen molar-refractivity contribution >= 4 is 15.7 Å². The molecule has 1 amide bonds. The summed E-state index contributed by atoms with van der Waals surface area (Å²) in [5.74, 6) is -0.367. The van der Waals surface area contributed by atoms with Crippen LogP contribution in [-0.2, 0) is 9.84 Å². The first kappa shape index (κ1) is 29.9. The largest absolute Gasteiger partial charge is 0.507 e. The van der Waals surface area contributed by atoms with E-state index in [1.165, 1.54) is 31.3 Å². The van der Waals surface area contributed by atoms with E-state index in [0.717, 1.165) is 16.4 Å². The van der Waals surface area contributed by atoms with Gasteiger partial charge in [0.1, 0.15) is 24.3 Å². The molecule has 10 nitrogen and oxygen atoms in total. The monoisotopic (exact) mass is 558 g/mol. The van der Waals surface area contributed by atoms with Crippen LogP contribution in [0, 0.1) is 0 Å². The van der Waals surface area contributed by atoms with Crippen LogP contribution in [-0.4, -0.2) is 64.0 Å². The van der Waals surface area contributed by atoms with E-state index in [2.05, 4.69) is 5.32 Å². The second-order valence-electron chi connectivity index (χ2n) is 10.4. The zero-order chi connectivity index (χ0) is 29.0. The first-order valence-electron chi connectivity index (χ1n) is 12.2. The van der Waals surface area contributed by atoms with Crippen molar-refractivity contribution in [3.8, 4) is 22.6 Å². The van der Waals surface area contributed by atoms with Crippen LogP contribution in [0.1, 0.15) is 43.8 Å². The van der Waals surface area contributed by atoms with Crippen molar-refractivity contribution in [1.82, 2.24) is 9.88 Å². The number of nitrogens with one attached hydrogen (secondary N) is 1. The first-order chi connectivity index (χ1) is 18.1. The Kier molecular flexibility index (Phi) is 8.89. The third-order valence-electron chi connectivity index (χ3n) is 6.33. The molecule has 0 saturated carbocycles. The summed E-state index contributed by atoms with van der Waals surface area (Å²) in [4.78, 5) is 25.4. The molecule has 2 unspecified atom stereocenters. The Balaban J connectivity index is 1.75. The number of aliphatic hydroxyl groups excluding tert-OH is 1. The van der Waals surface area contributed by atoms with Crippen LogP contribution in [0.5, 0.6) is 11.5 Å². The van der Waals surface area contributed by atoms with Gasteiger partial charge < -0.3 is 25.4 Å². The molecule has 0 spiro atoms. The second kappa shape index (κ2) is 11.6. The molecular weight excluding hydrogens is 524 g/mol. The minimum absolute atomic E-state index is 0.0162. The number of phenolic OH excluding ortho intramolecular Hbond substituents is 1. The lowest BCUT2D eigenvalue weighted by molar-refractivity contribution is 0.0285. The minimum Gasteiger partial charge on any atom is -0.507 e. The number of carbonyl (C=O) groups excluding carboxylic acids is 1. The molecule has 1 heterocycles. The topological polar surface area (TPSA) is 155 Å². The van der Waals surface area contributed by atoms with E-state index in [9.17, 15) is 33.3 Å². The highest BCUT2D eigenvalue weighted by Crippen LogP contribution is 2.27. The Morgan fingerprint density at radius 2 is 1.69 bits per heavy atom. The van der Waals surface area contributed by atoms with Gasteiger partial charge in [0.05, 0.1) is 15.9 Å². The van der Waals surface area contributed by atoms with Crippen molar-refractivity contribution < 1.29 is 33.3 Å². The summed E-state index contributed by atoms with van der Waals surface area (Å²) in [6.07, 6.45) is 0.502. The molecule has 210 valence electrons. The molecule has 0 aliphatic heterocycles. The zero-order valence-corrected chi connectivity index (χ0v) is 23.1. The zero-order valence-electron chi connectivity index (χ0n) is 22.3. The molecule has 3 aromatic rings. The summed E-state index contributed by atoms with van der Waals surface area (Å²) >= 11 is 0. The lowest BCUT2D eigenvalue weighted by Gasteiger charge is -2.30. The predicted octanol–water partition coefficient (Wildman–Crippen LogP) is 2.48. The number of carbonyl (C=O) groups is 1. The third-order valence-corrected chi connectivity index (χ3v) is 8.43. The van der Waals surface area contributed by atoms with Gasteiger partial charge >= 0.3 is 0 Å². The molecule has 39 heavy (non-hydrogen) atoms. The van der Waals surface area contributed by atoms with Gasteiger partial charge in [-0.2, -0.15) is 0 Å². The fourth-order valence-corrected chi connectivity index (χ4v) is 4.57. The molecule has 0 radical (unpaired) electrons. The van der Waals surface area contributed by atoms with Crippen molar-refractivity contribution in [3.05, 3.63) is 82.8 Å².